The number of halogens is 2. The molecule has 4 nitrogen and oxygen atoms in total. The van der Waals surface area contributed by atoms with Crippen molar-refractivity contribution >= 4 is 34.7 Å². The molecule has 8 heteroatoms. The van der Waals surface area contributed by atoms with Gasteiger partial charge in [-0.2, -0.15) is 8.78 Å². The first-order valence-electron chi connectivity index (χ1n) is 8.00. The number of nitrogens with zero attached hydrogens (tertiary/aromatic N) is 1. The molecule has 0 aliphatic rings. The maximum atomic E-state index is 12.5. The summed E-state index contributed by atoms with van der Waals surface area (Å²) in [6.45, 7) is -0.989. The predicted octanol–water partition coefficient (Wildman–Crippen LogP) is 5.60. The van der Waals surface area contributed by atoms with Crippen molar-refractivity contribution < 1.29 is 18.3 Å². The van der Waals surface area contributed by atoms with Gasteiger partial charge < -0.3 is 10.1 Å². The number of hydrogen-bond acceptors (Lipinski definition) is 5. The van der Waals surface area contributed by atoms with Crippen LogP contribution in [0, 0.1) is 6.92 Å². The minimum Gasteiger partial charge on any atom is -0.433 e. The van der Waals surface area contributed by atoms with E-state index in [0.717, 1.165) is 21.3 Å². The van der Waals surface area contributed by atoms with Crippen LogP contribution in [-0.4, -0.2) is 17.5 Å². The van der Waals surface area contributed by atoms with Crippen LogP contribution in [-0.2, 0) is 5.75 Å². The number of aromatic nitrogens is 1. The number of hydrogen-bond donors (Lipinski definition) is 1. The largest absolute Gasteiger partial charge is 0.433 e. The number of nitrogens with one attached hydrogen (secondary N) is 1. The van der Waals surface area contributed by atoms with E-state index in [1.807, 2.05) is 24.4 Å². The SMILES string of the molecule is Cc1nc(CSc2ccc(C(=O)Nc3ccccc3OC(F)F)cc2)cs1. The smallest absolute Gasteiger partial charge is 0.387 e. The highest BCUT2D eigenvalue weighted by molar-refractivity contribution is 7.98. The highest BCUT2D eigenvalue weighted by Gasteiger charge is 2.13. The quantitative estimate of drug-likeness (QED) is 0.519. The Bertz CT molecular complexity index is 914. The molecule has 0 atom stereocenters. The minimum absolute atomic E-state index is 0.0772. The van der Waals surface area contributed by atoms with Crippen molar-refractivity contribution in [3.8, 4) is 5.75 Å². The lowest BCUT2D eigenvalue weighted by atomic mass is 10.2. The third-order valence-electron chi connectivity index (χ3n) is 3.52. The Morgan fingerprint density at radius 2 is 1.96 bits per heavy atom. The molecule has 0 aliphatic carbocycles. The number of thiazole rings is 1. The van der Waals surface area contributed by atoms with E-state index in [-0.39, 0.29) is 11.4 Å². The molecule has 140 valence electrons. The zero-order valence-corrected chi connectivity index (χ0v) is 15.9. The maximum Gasteiger partial charge on any atom is 0.387 e. The van der Waals surface area contributed by atoms with Gasteiger partial charge in [-0.25, -0.2) is 4.98 Å². The highest BCUT2D eigenvalue weighted by atomic mass is 32.2. The number of para-hydroxylation sites is 2. The van der Waals surface area contributed by atoms with Gasteiger partial charge in [0.05, 0.1) is 16.4 Å². The topological polar surface area (TPSA) is 51.2 Å². The lowest BCUT2D eigenvalue weighted by Gasteiger charge is -2.11. The summed E-state index contributed by atoms with van der Waals surface area (Å²) in [7, 11) is 0. The fraction of sp³-hybridized carbons (Fsp3) is 0.158. The summed E-state index contributed by atoms with van der Waals surface area (Å²) < 4.78 is 29.3. The Balaban J connectivity index is 1.62. The van der Waals surface area contributed by atoms with Gasteiger partial charge in [-0.3, -0.25) is 4.79 Å². The van der Waals surface area contributed by atoms with Crippen LogP contribution < -0.4 is 10.1 Å². The molecule has 0 unspecified atom stereocenters. The molecule has 0 radical (unpaired) electrons. The van der Waals surface area contributed by atoms with E-state index < -0.39 is 12.5 Å². The van der Waals surface area contributed by atoms with Crippen LogP contribution in [0.1, 0.15) is 21.1 Å². The number of anilines is 1. The van der Waals surface area contributed by atoms with Crippen molar-refractivity contribution in [3.05, 3.63) is 70.2 Å². The number of alkyl halides is 2. The fourth-order valence-electron chi connectivity index (χ4n) is 2.30. The summed E-state index contributed by atoms with van der Waals surface area (Å²) in [6, 6.07) is 13.2. The van der Waals surface area contributed by atoms with Gasteiger partial charge in [-0.05, 0) is 43.3 Å². The number of thioether (sulfide) groups is 1. The molecule has 1 amide bonds. The molecule has 0 bridgehead atoms. The lowest BCUT2D eigenvalue weighted by molar-refractivity contribution is -0.0493. The van der Waals surface area contributed by atoms with Gasteiger partial charge in [0, 0.05) is 21.6 Å². The predicted molar refractivity (Wildman–Crippen MR) is 104 cm³/mol. The Morgan fingerprint density at radius 1 is 1.22 bits per heavy atom. The molecule has 0 spiro atoms. The molecule has 0 aliphatic heterocycles. The van der Waals surface area contributed by atoms with E-state index in [4.69, 9.17) is 0 Å². The Kier molecular flexibility index (Phi) is 6.41. The molecular weight excluding hydrogens is 390 g/mol. The number of benzene rings is 2. The van der Waals surface area contributed by atoms with Gasteiger partial charge in [0.1, 0.15) is 5.75 Å². The molecule has 1 aromatic heterocycles. The van der Waals surface area contributed by atoms with Crippen molar-refractivity contribution in [2.24, 2.45) is 0 Å². The Hall–Kier alpha value is -2.45. The molecule has 0 fully saturated rings. The number of amides is 1. The first kappa shape index (κ1) is 19.3. The van der Waals surface area contributed by atoms with Gasteiger partial charge >= 0.3 is 6.61 Å². The van der Waals surface area contributed by atoms with Crippen LogP contribution in [0.4, 0.5) is 14.5 Å². The van der Waals surface area contributed by atoms with Crippen LogP contribution in [0.5, 0.6) is 5.75 Å². The van der Waals surface area contributed by atoms with Crippen molar-refractivity contribution in [3.63, 3.8) is 0 Å². The molecular formula is C19H16F2N2O2S2. The van der Waals surface area contributed by atoms with Crippen LogP contribution in [0.25, 0.3) is 0 Å². The number of ether oxygens (including phenoxy) is 1. The minimum atomic E-state index is -2.96. The molecule has 0 saturated heterocycles. The van der Waals surface area contributed by atoms with Crippen LogP contribution in [0.15, 0.2) is 58.8 Å². The van der Waals surface area contributed by atoms with Gasteiger partial charge in [0.2, 0.25) is 0 Å². The molecule has 3 rings (SSSR count). The Morgan fingerprint density at radius 3 is 2.63 bits per heavy atom. The molecule has 0 saturated carbocycles. The first-order valence-corrected chi connectivity index (χ1v) is 9.87. The van der Waals surface area contributed by atoms with Gasteiger partial charge in [-0.1, -0.05) is 12.1 Å². The number of carbonyl (C=O) groups excluding carboxylic acids is 1. The van der Waals surface area contributed by atoms with Crippen LogP contribution in [0.3, 0.4) is 0 Å². The summed E-state index contributed by atoms with van der Waals surface area (Å²) in [5.74, 6) is 0.285. The number of aryl methyl sites for hydroxylation is 1. The normalized spacial score (nSPS) is 10.8. The second-order valence-electron chi connectivity index (χ2n) is 5.50. The third kappa shape index (κ3) is 5.51. The Labute approximate surface area is 163 Å². The average molecular weight is 406 g/mol. The summed E-state index contributed by atoms with van der Waals surface area (Å²) in [5.41, 5.74) is 1.65. The summed E-state index contributed by atoms with van der Waals surface area (Å²) in [4.78, 5) is 17.8. The molecule has 1 heterocycles. The second-order valence-corrected chi connectivity index (χ2v) is 7.61. The number of carbonyl (C=O) groups is 1. The van der Waals surface area contributed by atoms with Crippen molar-refractivity contribution in [1.29, 1.82) is 0 Å². The van der Waals surface area contributed by atoms with Gasteiger partial charge in [0.15, 0.2) is 0 Å². The second kappa shape index (κ2) is 8.96. The zero-order valence-electron chi connectivity index (χ0n) is 14.3. The molecule has 1 N–H and O–H groups in total. The maximum absolute atomic E-state index is 12.5. The zero-order chi connectivity index (χ0) is 19.2. The molecule has 3 aromatic rings. The average Bonchev–Trinajstić information content (AvgIpc) is 3.07. The van der Waals surface area contributed by atoms with Crippen molar-refractivity contribution in [1.82, 2.24) is 4.98 Å². The lowest BCUT2D eigenvalue weighted by Crippen LogP contribution is -2.13. The molecule has 2 aromatic carbocycles. The van der Waals surface area contributed by atoms with Gasteiger partial charge in [-0.15, -0.1) is 23.1 Å². The van der Waals surface area contributed by atoms with Gasteiger partial charge in [0.25, 0.3) is 5.91 Å². The van der Waals surface area contributed by atoms with E-state index in [0.29, 0.717) is 5.56 Å². The summed E-state index contributed by atoms with van der Waals surface area (Å²) in [5, 5.41) is 5.67. The van der Waals surface area contributed by atoms with E-state index in [2.05, 4.69) is 15.0 Å². The summed E-state index contributed by atoms with van der Waals surface area (Å²) in [6.07, 6.45) is 0. The van der Waals surface area contributed by atoms with E-state index in [1.165, 1.54) is 12.1 Å². The standard InChI is InChI=1S/C19H16F2N2O2S2/c1-12-22-14(10-26-12)11-27-15-8-6-13(7-9-15)18(24)23-16-4-2-3-5-17(16)25-19(20)21/h2-10,19H,11H2,1H3,(H,23,24). The summed E-state index contributed by atoms with van der Waals surface area (Å²) >= 11 is 3.25. The van der Waals surface area contributed by atoms with E-state index in [1.54, 1.807) is 47.4 Å². The monoisotopic (exact) mass is 406 g/mol. The van der Waals surface area contributed by atoms with E-state index in [9.17, 15) is 13.6 Å². The molecule has 27 heavy (non-hydrogen) atoms. The van der Waals surface area contributed by atoms with Crippen molar-refractivity contribution in [2.45, 2.75) is 24.2 Å². The van der Waals surface area contributed by atoms with E-state index >= 15 is 0 Å². The fourth-order valence-corrected chi connectivity index (χ4v) is 3.81. The van der Waals surface area contributed by atoms with Crippen LogP contribution >= 0.6 is 23.1 Å². The first-order chi connectivity index (χ1) is 13.0. The van der Waals surface area contributed by atoms with Crippen LogP contribution in [0.2, 0.25) is 0 Å². The van der Waals surface area contributed by atoms with Crippen molar-refractivity contribution in [2.75, 3.05) is 5.32 Å². The number of rotatable bonds is 7. The highest BCUT2D eigenvalue weighted by Crippen LogP contribution is 2.27. The third-order valence-corrected chi connectivity index (χ3v) is 5.39.